The number of hydrogen-bond donors (Lipinski definition) is 4. The number of alkyl halides is 12. The van der Waals surface area contributed by atoms with Crippen molar-refractivity contribution in [3.05, 3.63) is 422 Å². The number of Topliss-reactive ketones (excluding diaryl/α,β-unsaturated/α-hetero) is 2. The standard InChI is InChI=1S/C23H17BrF2O3.C23H19BrF2O2.C22H20BrF2O4P.C14H11BrO.C9H7BrF2O2.C2HF3O2.Ag/c24-20-13-16(11-12-19(20)23(25,26)15-27)14-29-22(18-9-5-2-6-10-18)21(28)17-7-3-1-4-8-17;24-21-13-18(11-12-20(21)23(25,26)16-27)15-28-22(19-9-5-2-6-10-19)14-17-7-3-1-4-8-17;23-20-13-17(11-12-19(20)22(24,25)30(26,27)28)15-29-21(18-9-5-2-6-10-18)14-16-7-3-1-4-8-16;15-13(11-7-3-1-4-8-11)14(16)12-9-5-2-6-10-12;10-8-3-6(4-13)1-2-7(8)9(11,12)5-14;3-2(4,5)1(6)7;/h1-13,15,22H,14H2;1-13,16,22H,14-15H2;1-13,21H,14-15H2,(H2,26,27,28);1-10,13H;1-3,5,13H,4H2;(H,6,7);. The Bertz CT molecular complexity index is 5460. The first-order chi connectivity index (χ1) is 58.8. The van der Waals surface area contributed by atoms with Crippen LogP contribution in [-0.2, 0) is 123 Å². The molecule has 0 aromatic heterocycles. The van der Waals surface area contributed by atoms with Crippen molar-refractivity contribution in [1.29, 1.82) is 0 Å². The number of aliphatic hydroxyl groups is 1. The second-order valence-corrected chi connectivity index (χ2v) is 32.6. The molecular formula is C93H75AgBr5F11O14P. The van der Waals surface area contributed by atoms with E-state index in [0.29, 0.717) is 40.7 Å². The second kappa shape index (κ2) is 50.4. The van der Waals surface area contributed by atoms with Gasteiger partial charge in [0.15, 0.2) is 30.4 Å². The Balaban J connectivity index is 0.000000242. The van der Waals surface area contributed by atoms with Crippen LogP contribution in [0.3, 0.4) is 0 Å². The molecule has 0 amide bonds. The van der Waals surface area contributed by atoms with Crippen LogP contribution in [-0.4, -0.2) is 62.6 Å². The number of ketones is 2. The summed E-state index contributed by atoms with van der Waals surface area (Å²) in [7, 11) is -5.64. The predicted octanol–water partition coefficient (Wildman–Crippen LogP) is 25.2. The van der Waals surface area contributed by atoms with Crippen LogP contribution in [0.1, 0.15) is 122 Å². The van der Waals surface area contributed by atoms with Gasteiger partial charge in [-0.1, -0.05) is 371 Å². The molecule has 125 heavy (non-hydrogen) atoms. The van der Waals surface area contributed by atoms with E-state index in [1.54, 1.807) is 48.5 Å². The first kappa shape index (κ1) is 105. The molecule has 4 atom stereocenters. The number of carboxylic acid groups (broad SMARTS) is 1. The van der Waals surface area contributed by atoms with E-state index >= 15 is 0 Å². The van der Waals surface area contributed by atoms with Crippen LogP contribution in [0.5, 0.6) is 0 Å². The molecule has 4 unspecified atom stereocenters. The monoisotopic (exact) mass is 2160 g/mol. The third-order valence-corrected chi connectivity index (χ3v) is 22.3. The number of aldehydes is 3. The summed E-state index contributed by atoms with van der Waals surface area (Å²) in [5, 5.41) is 15.9. The topological polar surface area (TPSA) is 228 Å². The molecular weight excluding hydrogens is 2090 g/mol. The van der Waals surface area contributed by atoms with Crippen LogP contribution in [0, 0.1) is 0 Å². The third-order valence-electron chi connectivity index (χ3n) is 17.7. The number of aliphatic hydroxyl groups excluding tert-OH is 1. The summed E-state index contributed by atoms with van der Waals surface area (Å²) in [6, 6.07) is 92.5. The Morgan fingerprint density at radius 3 is 0.920 bits per heavy atom. The Kier molecular flexibility index (Phi) is 42.2. The van der Waals surface area contributed by atoms with Gasteiger partial charge in [-0.05, 0) is 79.9 Å². The van der Waals surface area contributed by atoms with E-state index in [4.69, 9.17) is 39.0 Å². The third kappa shape index (κ3) is 32.6. The number of aliphatic carboxylic acids is 1. The van der Waals surface area contributed by atoms with Gasteiger partial charge in [-0.2, -0.15) is 48.3 Å². The molecule has 659 valence electrons. The summed E-state index contributed by atoms with van der Waals surface area (Å²) in [4.78, 5) is 83.0. The Morgan fingerprint density at radius 2 is 0.624 bits per heavy atom. The maximum absolute atomic E-state index is 14.0. The van der Waals surface area contributed by atoms with Crippen LogP contribution in [0.2, 0.25) is 0 Å². The number of carbonyl (C=O) groups excluding carboxylic acids is 5. The summed E-state index contributed by atoms with van der Waals surface area (Å²) >= 11 is 15.6. The first-order valence-electron chi connectivity index (χ1n) is 36.8. The molecule has 0 aliphatic heterocycles. The number of carbonyl (C=O) groups is 6. The molecule has 0 fully saturated rings. The number of ether oxygens (including phenoxy) is 3. The quantitative estimate of drug-likeness (QED) is 0.00820. The largest absolute Gasteiger partial charge is 0.490 e. The van der Waals surface area contributed by atoms with Gasteiger partial charge in [0.05, 0.1) is 38.6 Å². The molecule has 0 bridgehead atoms. The molecule has 32 heteroatoms. The molecule has 0 saturated carbocycles. The normalized spacial score (nSPS) is 12.3. The van der Waals surface area contributed by atoms with E-state index in [0.717, 1.165) is 51.1 Å². The molecule has 14 nitrogen and oxygen atoms in total. The predicted molar refractivity (Wildman–Crippen MR) is 464 cm³/mol. The number of benzene rings is 12. The molecule has 12 rings (SSSR count). The van der Waals surface area contributed by atoms with E-state index in [2.05, 4.69) is 79.6 Å². The van der Waals surface area contributed by atoms with Crippen LogP contribution < -0.4 is 0 Å². The SMILES string of the molecule is O=C(O)C(F)(F)F.O=C(c1ccccc1)C(Br)c1ccccc1.O=CC(F)(F)c1ccc(CO)cc1Br.O=CC(F)(F)c1ccc(COC(C(=O)c2ccccc2)c2ccccc2)cc1Br.O=CC(F)(F)c1ccc(COC(Cc2ccccc2)c2ccccc2)cc1Br.O=P(O)(O)C(F)(F)c1ccc(COC(Cc2ccccc2)c2ccccc2)cc1Br.[Ag]. The number of halogens is 16. The minimum Gasteiger partial charge on any atom is -0.475 e. The van der Waals surface area contributed by atoms with Crippen molar-refractivity contribution in [2.75, 3.05) is 0 Å². The van der Waals surface area contributed by atoms with Crippen LogP contribution in [0.4, 0.5) is 48.3 Å². The summed E-state index contributed by atoms with van der Waals surface area (Å²) in [6.45, 7) is 0.208. The van der Waals surface area contributed by atoms with E-state index in [1.807, 2.05) is 206 Å². The van der Waals surface area contributed by atoms with Crippen molar-refractivity contribution < 1.29 is 138 Å². The van der Waals surface area contributed by atoms with Crippen molar-refractivity contribution in [2.45, 2.75) is 92.0 Å². The van der Waals surface area contributed by atoms with E-state index in [1.165, 1.54) is 48.5 Å². The zero-order valence-corrected chi connectivity index (χ0v) is 75.3. The summed E-state index contributed by atoms with van der Waals surface area (Å²) in [6.07, 6.45) is -6.16. The van der Waals surface area contributed by atoms with E-state index in [-0.39, 0.29) is 107 Å². The van der Waals surface area contributed by atoms with Gasteiger partial charge in [0.2, 0.25) is 0 Å². The minimum absolute atomic E-state index is 0. The van der Waals surface area contributed by atoms with Crippen molar-refractivity contribution in [3.8, 4) is 0 Å². The maximum Gasteiger partial charge on any atom is 0.490 e. The summed E-state index contributed by atoms with van der Waals surface area (Å²) in [5.74, 6) is -13.4. The van der Waals surface area contributed by atoms with Crippen molar-refractivity contribution in [3.63, 3.8) is 0 Å². The van der Waals surface area contributed by atoms with Crippen molar-refractivity contribution >= 4 is 124 Å². The van der Waals surface area contributed by atoms with Gasteiger partial charge in [0.25, 0.3) is 0 Å². The smallest absolute Gasteiger partial charge is 0.475 e. The Labute approximate surface area is 769 Å². The molecule has 0 spiro atoms. The molecule has 0 aliphatic carbocycles. The molecule has 4 N–H and O–H groups in total. The van der Waals surface area contributed by atoms with E-state index < -0.39 is 78.5 Å². The average Bonchev–Trinajstić information content (AvgIpc) is 0.775. The molecule has 12 aromatic carbocycles. The average molecular weight is 2160 g/mol. The van der Waals surface area contributed by atoms with Gasteiger partial charge >= 0.3 is 43.2 Å². The van der Waals surface area contributed by atoms with E-state index in [9.17, 15) is 76.8 Å². The maximum atomic E-state index is 14.0. The van der Waals surface area contributed by atoms with Crippen molar-refractivity contribution in [1.82, 2.24) is 0 Å². The summed E-state index contributed by atoms with van der Waals surface area (Å²) in [5.41, 5.74) is 3.45. The molecule has 0 heterocycles. The fourth-order valence-electron chi connectivity index (χ4n) is 11.3. The number of rotatable bonds is 30. The van der Waals surface area contributed by atoms with Gasteiger partial charge in [0, 0.05) is 86.5 Å². The Hall–Kier alpha value is -9.18. The van der Waals surface area contributed by atoms with Gasteiger partial charge < -0.3 is 34.2 Å². The van der Waals surface area contributed by atoms with Crippen LogP contribution >= 0.6 is 87.2 Å². The minimum atomic E-state index is -5.64. The molecule has 0 saturated heterocycles. The van der Waals surface area contributed by atoms with Crippen LogP contribution in [0.15, 0.2) is 333 Å². The van der Waals surface area contributed by atoms with Crippen molar-refractivity contribution in [2.24, 2.45) is 0 Å². The van der Waals surface area contributed by atoms with Gasteiger partial charge in [0.1, 0.15) is 10.9 Å². The first-order valence-corrected chi connectivity index (χ1v) is 42.5. The van der Waals surface area contributed by atoms with Gasteiger partial charge in [-0.15, -0.1) is 0 Å². The molecule has 0 aliphatic rings. The number of hydrogen-bond acceptors (Lipinski definition) is 11. The zero-order chi connectivity index (χ0) is 90.8. The molecule has 12 aromatic rings. The Morgan fingerprint density at radius 1 is 0.360 bits per heavy atom. The second-order valence-electron chi connectivity index (χ2n) is 26.7. The summed E-state index contributed by atoms with van der Waals surface area (Å²) < 4.78 is 170. The zero-order valence-electron chi connectivity index (χ0n) is 65.0. The van der Waals surface area contributed by atoms with Crippen LogP contribution in [0.25, 0.3) is 0 Å². The fourth-order valence-corrected chi connectivity index (χ4v) is 15.3. The molecule has 1 radical (unpaired) electrons. The van der Waals surface area contributed by atoms with Gasteiger partial charge in [-0.3, -0.25) is 28.5 Å². The fraction of sp³-hybridized carbons (Fsp3) is 0.161. The van der Waals surface area contributed by atoms with Gasteiger partial charge in [-0.25, -0.2) is 4.79 Å². The number of carboxylic acids is 1.